The fourth-order valence-corrected chi connectivity index (χ4v) is 2.82. The van der Waals surface area contributed by atoms with Crippen molar-refractivity contribution >= 4 is 39.5 Å². The summed E-state index contributed by atoms with van der Waals surface area (Å²) in [5.41, 5.74) is 2.93. The molecule has 24 heavy (non-hydrogen) atoms. The molecule has 0 bridgehead atoms. The normalized spacial score (nSPS) is 11.1. The van der Waals surface area contributed by atoms with Crippen LogP contribution < -0.4 is 0 Å². The van der Waals surface area contributed by atoms with E-state index in [2.05, 4.69) is 15.2 Å². The van der Waals surface area contributed by atoms with E-state index in [1.807, 2.05) is 30.3 Å². The molecule has 0 atom stereocenters. The van der Waals surface area contributed by atoms with Gasteiger partial charge < -0.3 is 4.74 Å². The SMILES string of the molecule is COC(=O)c1cc(Cl)nc2ccc3nn(-c4ccccc4)nc3c12. The molecule has 0 aliphatic rings. The molecule has 7 heteroatoms. The number of halogens is 1. The number of hydrogen-bond donors (Lipinski definition) is 0. The molecule has 6 nitrogen and oxygen atoms in total. The lowest BCUT2D eigenvalue weighted by molar-refractivity contribution is 0.0603. The summed E-state index contributed by atoms with van der Waals surface area (Å²) in [4.78, 5) is 17.9. The molecular weight excluding hydrogens is 328 g/mol. The number of hydrogen-bond acceptors (Lipinski definition) is 5. The van der Waals surface area contributed by atoms with Gasteiger partial charge in [-0.1, -0.05) is 29.8 Å². The molecule has 2 aromatic carbocycles. The smallest absolute Gasteiger partial charge is 0.338 e. The van der Waals surface area contributed by atoms with Crippen LogP contribution in [-0.2, 0) is 4.74 Å². The van der Waals surface area contributed by atoms with Gasteiger partial charge in [-0.05, 0) is 30.3 Å². The summed E-state index contributed by atoms with van der Waals surface area (Å²) in [5.74, 6) is -0.494. The second kappa shape index (κ2) is 5.58. The zero-order valence-electron chi connectivity index (χ0n) is 12.6. The fraction of sp³-hybridized carbons (Fsp3) is 0.0588. The van der Waals surface area contributed by atoms with Gasteiger partial charge in [0, 0.05) is 5.39 Å². The first-order valence-corrected chi connectivity index (χ1v) is 7.55. The van der Waals surface area contributed by atoms with Gasteiger partial charge in [0.25, 0.3) is 0 Å². The van der Waals surface area contributed by atoms with Gasteiger partial charge >= 0.3 is 5.97 Å². The number of para-hydroxylation sites is 1. The Morgan fingerprint density at radius 3 is 2.58 bits per heavy atom. The Kier molecular flexibility index (Phi) is 3.39. The van der Waals surface area contributed by atoms with Crippen molar-refractivity contribution in [2.75, 3.05) is 7.11 Å². The Morgan fingerprint density at radius 1 is 1.08 bits per heavy atom. The highest BCUT2D eigenvalue weighted by atomic mass is 35.5. The lowest BCUT2D eigenvalue weighted by atomic mass is 10.1. The van der Waals surface area contributed by atoms with Crippen molar-refractivity contribution in [3.63, 3.8) is 0 Å². The molecule has 0 N–H and O–H groups in total. The van der Waals surface area contributed by atoms with Gasteiger partial charge in [-0.2, -0.15) is 4.80 Å². The highest BCUT2D eigenvalue weighted by Gasteiger charge is 2.18. The summed E-state index contributed by atoms with van der Waals surface area (Å²) in [5, 5.41) is 9.80. The molecule has 0 unspecified atom stereocenters. The number of fused-ring (bicyclic) bond motifs is 3. The quantitative estimate of drug-likeness (QED) is 0.414. The average Bonchev–Trinajstić information content (AvgIpc) is 3.05. The number of esters is 1. The Morgan fingerprint density at radius 2 is 1.83 bits per heavy atom. The van der Waals surface area contributed by atoms with E-state index in [1.165, 1.54) is 18.0 Å². The molecule has 0 fully saturated rings. The Labute approximate surface area is 141 Å². The van der Waals surface area contributed by atoms with Crippen LogP contribution >= 0.6 is 11.6 Å². The van der Waals surface area contributed by atoms with Gasteiger partial charge in [0.1, 0.15) is 16.2 Å². The number of ether oxygens (including phenoxy) is 1. The second-order valence-corrected chi connectivity index (χ2v) is 5.52. The van der Waals surface area contributed by atoms with Crippen LogP contribution in [0.1, 0.15) is 10.4 Å². The molecule has 0 aliphatic heterocycles. The van der Waals surface area contributed by atoms with Crippen molar-refractivity contribution in [3.8, 4) is 5.69 Å². The van der Waals surface area contributed by atoms with Crippen molar-refractivity contribution in [2.24, 2.45) is 0 Å². The Balaban J connectivity index is 2.06. The lowest BCUT2D eigenvalue weighted by Gasteiger charge is -2.05. The maximum Gasteiger partial charge on any atom is 0.338 e. The van der Waals surface area contributed by atoms with Gasteiger partial charge in [-0.3, -0.25) is 0 Å². The first-order chi connectivity index (χ1) is 11.7. The minimum atomic E-state index is -0.494. The molecule has 0 spiro atoms. The summed E-state index contributed by atoms with van der Waals surface area (Å²) >= 11 is 6.02. The van der Waals surface area contributed by atoms with Crippen LogP contribution in [0.4, 0.5) is 0 Å². The van der Waals surface area contributed by atoms with Crippen molar-refractivity contribution in [3.05, 3.63) is 59.2 Å². The van der Waals surface area contributed by atoms with E-state index < -0.39 is 5.97 Å². The van der Waals surface area contributed by atoms with Crippen LogP contribution in [-0.4, -0.2) is 33.1 Å². The number of methoxy groups -OCH3 is 1. The van der Waals surface area contributed by atoms with Crippen molar-refractivity contribution in [2.45, 2.75) is 0 Å². The number of pyridine rings is 1. The third-order valence-electron chi connectivity index (χ3n) is 3.68. The second-order valence-electron chi connectivity index (χ2n) is 5.14. The molecule has 118 valence electrons. The zero-order chi connectivity index (χ0) is 16.7. The largest absolute Gasteiger partial charge is 0.465 e. The van der Waals surface area contributed by atoms with Gasteiger partial charge in [0.15, 0.2) is 0 Å². The van der Waals surface area contributed by atoms with Crippen molar-refractivity contribution in [1.29, 1.82) is 0 Å². The number of carbonyl (C=O) groups is 1. The highest BCUT2D eigenvalue weighted by Crippen LogP contribution is 2.28. The Bertz CT molecular complexity index is 1080. The van der Waals surface area contributed by atoms with Crippen molar-refractivity contribution in [1.82, 2.24) is 20.0 Å². The molecule has 0 aliphatic carbocycles. The lowest BCUT2D eigenvalue weighted by Crippen LogP contribution is -2.03. The van der Waals surface area contributed by atoms with Crippen LogP contribution in [0.15, 0.2) is 48.5 Å². The van der Waals surface area contributed by atoms with Crippen molar-refractivity contribution < 1.29 is 9.53 Å². The van der Waals surface area contributed by atoms with Crippen LogP contribution in [0.2, 0.25) is 5.15 Å². The molecule has 2 aromatic heterocycles. The molecule has 0 saturated carbocycles. The number of nitrogens with zero attached hydrogens (tertiary/aromatic N) is 4. The molecule has 4 aromatic rings. The molecule has 0 amide bonds. The van der Waals surface area contributed by atoms with E-state index in [-0.39, 0.29) is 5.15 Å². The van der Waals surface area contributed by atoms with E-state index in [0.29, 0.717) is 27.5 Å². The van der Waals surface area contributed by atoms with Gasteiger partial charge in [-0.15, -0.1) is 10.2 Å². The summed E-state index contributed by atoms with van der Waals surface area (Å²) < 4.78 is 4.86. The topological polar surface area (TPSA) is 69.9 Å². The molecule has 0 radical (unpaired) electrons. The molecule has 4 rings (SSSR count). The minimum Gasteiger partial charge on any atom is -0.465 e. The van der Waals surface area contributed by atoms with Gasteiger partial charge in [0.05, 0.1) is 23.9 Å². The first kappa shape index (κ1) is 14.6. The minimum absolute atomic E-state index is 0.220. The maximum absolute atomic E-state index is 12.1. The van der Waals surface area contributed by atoms with E-state index in [0.717, 1.165) is 5.69 Å². The summed E-state index contributed by atoms with van der Waals surface area (Å²) in [6.07, 6.45) is 0. The number of rotatable bonds is 2. The molecule has 0 saturated heterocycles. The first-order valence-electron chi connectivity index (χ1n) is 7.17. The number of aromatic nitrogens is 4. The summed E-state index contributed by atoms with van der Waals surface area (Å²) in [6.45, 7) is 0. The van der Waals surface area contributed by atoms with Crippen LogP contribution in [0.3, 0.4) is 0 Å². The number of benzene rings is 2. The monoisotopic (exact) mass is 338 g/mol. The van der Waals surface area contributed by atoms with Crippen LogP contribution in [0.25, 0.3) is 27.6 Å². The Hall–Kier alpha value is -2.99. The maximum atomic E-state index is 12.1. The standard InChI is InChI=1S/C17H11ClN4O2/c1-24-17(23)11-9-14(18)19-12-7-8-13-16(15(11)12)21-22(20-13)10-5-3-2-4-6-10/h2-9H,1H3. The van der Waals surface area contributed by atoms with Crippen LogP contribution in [0.5, 0.6) is 0 Å². The predicted octanol–water partition coefficient (Wildman–Crippen LogP) is 3.41. The fourth-order valence-electron chi connectivity index (χ4n) is 2.62. The highest BCUT2D eigenvalue weighted by molar-refractivity contribution is 6.31. The molecular formula is C17H11ClN4O2. The van der Waals surface area contributed by atoms with E-state index in [1.54, 1.807) is 12.1 Å². The summed E-state index contributed by atoms with van der Waals surface area (Å²) in [7, 11) is 1.32. The van der Waals surface area contributed by atoms with Crippen LogP contribution in [0, 0.1) is 0 Å². The van der Waals surface area contributed by atoms with E-state index in [4.69, 9.17) is 16.3 Å². The predicted molar refractivity (Wildman–Crippen MR) is 90.5 cm³/mol. The average molecular weight is 339 g/mol. The van der Waals surface area contributed by atoms with E-state index in [9.17, 15) is 4.79 Å². The zero-order valence-corrected chi connectivity index (χ0v) is 13.4. The number of carbonyl (C=O) groups excluding carboxylic acids is 1. The summed E-state index contributed by atoms with van der Waals surface area (Å²) in [6, 6.07) is 14.6. The molecule has 2 heterocycles. The third kappa shape index (κ3) is 2.28. The van der Waals surface area contributed by atoms with E-state index >= 15 is 0 Å². The third-order valence-corrected chi connectivity index (χ3v) is 3.88. The van der Waals surface area contributed by atoms with Gasteiger partial charge in [-0.25, -0.2) is 9.78 Å². The van der Waals surface area contributed by atoms with Gasteiger partial charge in [0.2, 0.25) is 0 Å².